The third-order valence-electron chi connectivity index (χ3n) is 2.53. The molecular formula is C9H15N5O2S. The van der Waals surface area contributed by atoms with Gasteiger partial charge < -0.3 is 9.64 Å². The minimum atomic E-state index is -0.183. The summed E-state index contributed by atoms with van der Waals surface area (Å²) in [5, 5.41) is 11.6. The summed E-state index contributed by atoms with van der Waals surface area (Å²) in [7, 11) is 1.76. The predicted molar refractivity (Wildman–Crippen MR) is 61.5 cm³/mol. The molecule has 0 spiro atoms. The number of carbonyl (C=O) groups is 1. The van der Waals surface area contributed by atoms with Gasteiger partial charge in [0, 0.05) is 20.1 Å². The van der Waals surface area contributed by atoms with Crippen LogP contribution in [-0.4, -0.2) is 62.6 Å². The number of amides is 1. The van der Waals surface area contributed by atoms with E-state index in [1.165, 1.54) is 11.8 Å². The summed E-state index contributed by atoms with van der Waals surface area (Å²) in [5.74, 6) is 0.112. The number of carbonyl (C=O) groups excluding carboxylic acids is 1. The highest BCUT2D eigenvalue weighted by atomic mass is 32.2. The van der Waals surface area contributed by atoms with Crippen LogP contribution in [-0.2, 0) is 16.6 Å². The Hall–Kier alpha value is -1.15. The summed E-state index contributed by atoms with van der Waals surface area (Å²) in [5.41, 5.74) is 0. The SMILES string of the molecule is C[C@H](Sc1nnnn1C)C(=O)N1CCOCC1. The molecule has 0 N–H and O–H groups in total. The highest BCUT2D eigenvalue weighted by Crippen LogP contribution is 2.21. The van der Waals surface area contributed by atoms with Gasteiger partial charge in [0.2, 0.25) is 11.1 Å². The van der Waals surface area contributed by atoms with Crippen molar-refractivity contribution in [2.24, 2.45) is 7.05 Å². The van der Waals surface area contributed by atoms with Crippen LogP contribution in [0.4, 0.5) is 0 Å². The maximum Gasteiger partial charge on any atom is 0.236 e. The summed E-state index contributed by atoms with van der Waals surface area (Å²) in [4.78, 5) is 13.9. The van der Waals surface area contributed by atoms with E-state index in [0.717, 1.165) is 0 Å². The highest BCUT2D eigenvalue weighted by molar-refractivity contribution is 8.00. The van der Waals surface area contributed by atoms with E-state index in [2.05, 4.69) is 15.5 Å². The van der Waals surface area contributed by atoms with Crippen molar-refractivity contribution in [3.8, 4) is 0 Å². The molecule has 7 nitrogen and oxygen atoms in total. The van der Waals surface area contributed by atoms with Crippen LogP contribution in [0.2, 0.25) is 0 Å². The number of aryl methyl sites for hydroxylation is 1. The Bertz CT molecular complexity index is 390. The standard InChI is InChI=1S/C9H15N5O2S/c1-7(17-9-10-11-12-13(9)2)8(15)14-3-5-16-6-4-14/h7H,3-6H2,1-2H3/t7-/m0/s1. The second kappa shape index (κ2) is 5.46. The Morgan fingerprint density at radius 1 is 1.47 bits per heavy atom. The fourth-order valence-electron chi connectivity index (χ4n) is 1.57. The molecule has 1 atom stereocenters. The highest BCUT2D eigenvalue weighted by Gasteiger charge is 2.24. The van der Waals surface area contributed by atoms with Gasteiger partial charge in [0.25, 0.3) is 0 Å². The van der Waals surface area contributed by atoms with Gasteiger partial charge in [-0.3, -0.25) is 4.79 Å². The first kappa shape index (κ1) is 12.3. The summed E-state index contributed by atoms with van der Waals surface area (Å²) >= 11 is 1.37. The summed E-state index contributed by atoms with van der Waals surface area (Å²) < 4.78 is 6.78. The molecule has 0 saturated carbocycles. The first-order valence-electron chi connectivity index (χ1n) is 5.44. The predicted octanol–water partition coefficient (Wildman–Crippen LogP) is -0.451. The van der Waals surface area contributed by atoms with Gasteiger partial charge in [-0.05, 0) is 17.4 Å². The topological polar surface area (TPSA) is 73.1 Å². The number of hydrogen-bond donors (Lipinski definition) is 0. The van der Waals surface area contributed by atoms with E-state index in [0.29, 0.717) is 31.5 Å². The Morgan fingerprint density at radius 3 is 2.76 bits per heavy atom. The van der Waals surface area contributed by atoms with E-state index < -0.39 is 0 Å². The lowest BCUT2D eigenvalue weighted by Crippen LogP contribution is -2.44. The number of nitrogens with zero attached hydrogens (tertiary/aromatic N) is 5. The molecule has 2 rings (SSSR count). The molecule has 0 bridgehead atoms. The molecule has 0 unspecified atom stereocenters. The first-order valence-corrected chi connectivity index (χ1v) is 6.32. The van der Waals surface area contributed by atoms with Crippen molar-refractivity contribution >= 4 is 17.7 Å². The van der Waals surface area contributed by atoms with Crippen molar-refractivity contribution in [3.05, 3.63) is 0 Å². The van der Waals surface area contributed by atoms with Crippen LogP contribution in [0.5, 0.6) is 0 Å². The molecule has 1 saturated heterocycles. The largest absolute Gasteiger partial charge is 0.378 e. The zero-order valence-electron chi connectivity index (χ0n) is 9.87. The van der Waals surface area contributed by atoms with E-state index in [1.807, 2.05) is 11.8 Å². The molecule has 1 aromatic heterocycles. The number of morpholine rings is 1. The number of rotatable bonds is 3. The van der Waals surface area contributed by atoms with Crippen molar-refractivity contribution in [1.82, 2.24) is 25.1 Å². The van der Waals surface area contributed by atoms with Gasteiger partial charge in [0.05, 0.1) is 18.5 Å². The lowest BCUT2D eigenvalue weighted by atomic mass is 10.3. The van der Waals surface area contributed by atoms with Gasteiger partial charge in [-0.25, -0.2) is 4.68 Å². The lowest BCUT2D eigenvalue weighted by Gasteiger charge is -2.28. The van der Waals surface area contributed by atoms with Crippen LogP contribution in [0.3, 0.4) is 0 Å². The molecule has 17 heavy (non-hydrogen) atoms. The van der Waals surface area contributed by atoms with E-state index in [-0.39, 0.29) is 11.2 Å². The molecule has 1 aromatic rings. The van der Waals surface area contributed by atoms with Gasteiger partial charge in [0.1, 0.15) is 0 Å². The molecule has 0 aliphatic carbocycles. The number of hydrogen-bond acceptors (Lipinski definition) is 6. The second-order valence-corrected chi connectivity index (χ2v) is 5.09. The summed E-state index contributed by atoms with van der Waals surface area (Å²) in [6.45, 7) is 4.45. The number of aromatic nitrogens is 4. The molecule has 0 radical (unpaired) electrons. The molecule has 2 heterocycles. The van der Waals surface area contributed by atoms with Crippen molar-refractivity contribution in [2.45, 2.75) is 17.3 Å². The van der Waals surface area contributed by atoms with Gasteiger partial charge in [0.15, 0.2) is 0 Å². The average Bonchev–Trinajstić information content (AvgIpc) is 2.75. The van der Waals surface area contributed by atoms with Crippen molar-refractivity contribution < 1.29 is 9.53 Å². The fourth-order valence-corrected chi connectivity index (χ4v) is 2.41. The Morgan fingerprint density at radius 2 is 2.18 bits per heavy atom. The van der Waals surface area contributed by atoms with E-state index in [9.17, 15) is 4.79 Å². The first-order chi connectivity index (χ1) is 8.18. The molecule has 0 aromatic carbocycles. The zero-order valence-corrected chi connectivity index (χ0v) is 10.7. The van der Waals surface area contributed by atoms with Crippen LogP contribution in [0, 0.1) is 0 Å². The quantitative estimate of drug-likeness (QED) is 0.683. The van der Waals surface area contributed by atoms with Gasteiger partial charge in [-0.15, -0.1) is 5.10 Å². The molecular weight excluding hydrogens is 242 g/mol. The molecule has 1 aliphatic rings. The minimum Gasteiger partial charge on any atom is -0.378 e. The van der Waals surface area contributed by atoms with Gasteiger partial charge in [-0.1, -0.05) is 11.8 Å². The van der Waals surface area contributed by atoms with Crippen molar-refractivity contribution in [2.75, 3.05) is 26.3 Å². The molecule has 1 aliphatic heterocycles. The maximum absolute atomic E-state index is 12.1. The van der Waals surface area contributed by atoms with Crippen molar-refractivity contribution in [3.63, 3.8) is 0 Å². The lowest BCUT2D eigenvalue weighted by molar-refractivity contribution is -0.134. The average molecular weight is 257 g/mol. The van der Waals surface area contributed by atoms with Crippen LogP contribution in [0.25, 0.3) is 0 Å². The normalized spacial score (nSPS) is 18.1. The molecule has 8 heteroatoms. The van der Waals surface area contributed by atoms with Gasteiger partial charge >= 0.3 is 0 Å². The van der Waals surface area contributed by atoms with Crippen LogP contribution >= 0.6 is 11.8 Å². The number of tetrazole rings is 1. The van der Waals surface area contributed by atoms with Gasteiger partial charge in [-0.2, -0.15) is 0 Å². The Balaban J connectivity index is 1.93. The Labute approximate surface area is 103 Å². The maximum atomic E-state index is 12.1. The molecule has 94 valence electrons. The monoisotopic (exact) mass is 257 g/mol. The van der Waals surface area contributed by atoms with Crippen LogP contribution in [0.1, 0.15) is 6.92 Å². The third kappa shape index (κ3) is 2.95. The molecule has 1 amide bonds. The van der Waals surface area contributed by atoms with Crippen LogP contribution in [0.15, 0.2) is 5.16 Å². The summed E-state index contributed by atoms with van der Waals surface area (Å²) in [6, 6.07) is 0. The fraction of sp³-hybridized carbons (Fsp3) is 0.778. The van der Waals surface area contributed by atoms with E-state index >= 15 is 0 Å². The van der Waals surface area contributed by atoms with E-state index in [4.69, 9.17) is 4.74 Å². The van der Waals surface area contributed by atoms with E-state index in [1.54, 1.807) is 11.7 Å². The second-order valence-electron chi connectivity index (χ2n) is 3.78. The Kier molecular flexibility index (Phi) is 3.95. The van der Waals surface area contributed by atoms with Crippen LogP contribution < -0.4 is 0 Å². The third-order valence-corrected chi connectivity index (χ3v) is 3.65. The molecule has 1 fully saturated rings. The zero-order chi connectivity index (χ0) is 12.3. The smallest absolute Gasteiger partial charge is 0.236 e. The summed E-state index contributed by atoms with van der Waals surface area (Å²) in [6.07, 6.45) is 0. The minimum absolute atomic E-state index is 0.112. The number of ether oxygens (including phenoxy) is 1. The van der Waals surface area contributed by atoms with Crippen molar-refractivity contribution in [1.29, 1.82) is 0 Å². The number of thioether (sulfide) groups is 1.